The molecule has 0 saturated heterocycles. The monoisotopic (exact) mass is 564 g/mol. The van der Waals surface area contributed by atoms with Crippen LogP contribution in [0, 0.1) is 0 Å². The Morgan fingerprint density at radius 3 is 1.75 bits per heavy atom. The molecule has 198 valence electrons. The van der Waals surface area contributed by atoms with Crippen molar-refractivity contribution in [1.82, 2.24) is 9.97 Å². The second-order valence-electron chi connectivity index (χ2n) is 8.76. The first-order chi connectivity index (χ1) is 19.6. The van der Waals surface area contributed by atoms with Crippen LogP contribution in [0.25, 0.3) is 28.1 Å². The molecule has 0 spiro atoms. The number of hydrogen-bond donors (Lipinski definition) is 1. The summed E-state index contributed by atoms with van der Waals surface area (Å²) in [7, 11) is 0. The van der Waals surface area contributed by atoms with Gasteiger partial charge in [-0.2, -0.15) is 0 Å². The number of rotatable bonds is 10. The summed E-state index contributed by atoms with van der Waals surface area (Å²) in [5.41, 5.74) is 5.92. The van der Waals surface area contributed by atoms with Crippen LogP contribution in [0.3, 0.4) is 0 Å². The molecule has 0 amide bonds. The molecular weight excluding hydrogens is 540 g/mol. The number of carboxylic acid groups (broad SMARTS) is 1. The number of pyridine rings is 2. The van der Waals surface area contributed by atoms with Gasteiger partial charge in [0.2, 0.25) is 0 Å². The highest BCUT2D eigenvalue weighted by Gasteiger charge is 2.15. The Morgan fingerprint density at radius 2 is 1.30 bits per heavy atom. The number of aliphatic carboxylic acids is 1. The van der Waals surface area contributed by atoms with Crippen LogP contribution in [0.2, 0.25) is 0 Å². The van der Waals surface area contributed by atoms with E-state index in [1.54, 1.807) is 36.3 Å². The molecule has 5 rings (SSSR count). The second-order valence-corrected chi connectivity index (χ2v) is 10.2. The fraction of sp³-hybridized carbons (Fsp3) is 0.0606. The fourth-order valence-corrected chi connectivity index (χ4v) is 4.99. The number of nitrogens with zero attached hydrogens (tertiary/aromatic N) is 2. The molecule has 3 aromatic carbocycles. The van der Waals surface area contributed by atoms with Gasteiger partial charge in [0.25, 0.3) is 5.56 Å². The number of carboxylic acids is 1. The lowest BCUT2D eigenvalue weighted by molar-refractivity contribution is -0.141. The number of ether oxygens (including phenoxy) is 1. The summed E-state index contributed by atoms with van der Waals surface area (Å²) >= 11 is 7.34. The lowest BCUT2D eigenvalue weighted by Gasteiger charge is -2.12. The van der Waals surface area contributed by atoms with Crippen molar-refractivity contribution in [3.63, 3.8) is 0 Å². The van der Waals surface area contributed by atoms with E-state index < -0.39 is 11.5 Å². The minimum atomic E-state index is -1.42. The Balaban J connectivity index is 1.38. The Bertz CT molecular complexity index is 1490. The van der Waals surface area contributed by atoms with Gasteiger partial charge in [-0.25, -0.2) is 4.79 Å². The SMILES string of the molecule is O=C(O)C(Cl)Oc1ccc(SCC=C(c2ccc(-c3ccccn3)cc2)c2ccc(-c3ccccn3)cc2)cc1. The fourth-order valence-electron chi connectivity index (χ4n) is 4.12. The minimum absolute atomic E-state index is 0.406. The summed E-state index contributed by atoms with van der Waals surface area (Å²) < 4.78 is 5.21. The minimum Gasteiger partial charge on any atom is -0.478 e. The van der Waals surface area contributed by atoms with E-state index in [0.29, 0.717) is 5.75 Å². The van der Waals surface area contributed by atoms with Gasteiger partial charge in [-0.3, -0.25) is 9.97 Å². The van der Waals surface area contributed by atoms with Gasteiger partial charge in [-0.05, 0) is 65.2 Å². The topological polar surface area (TPSA) is 72.3 Å². The van der Waals surface area contributed by atoms with Crippen LogP contribution in [0.5, 0.6) is 5.75 Å². The van der Waals surface area contributed by atoms with Gasteiger partial charge in [-0.15, -0.1) is 11.8 Å². The molecule has 5 aromatic rings. The van der Waals surface area contributed by atoms with Gasteiger partial charge in [0, 0.05) is 34.2 Å². The van der Waals surface area contributed by atoms with Crippen LogP contribution in [0.4, 0.5) is 0 Å². The normalized spacial score (nSPS) is 11.4. The number of alkyl halides is 1. The summed E-state index contributed by atoms with van der Waals surface area (Å²) in [5, 5.41) is 8.93. The Labute approximate surface area is 242 Å². The summed E-state index contributed by atoms with van der Waals surface area (Å²) in [5.74, 6) is -0.0878. The molecule has 0 aliphatic rings. The van der Waals surface area contributed by atoms with Crippen molar-refractivity contribution < 1.29 is 14.6 Å². The maximum absolute atomic E-state index is 10.9. The van der Waals surface area contributed by atoms with E-state index >= 15 is 0 Å². The van der Waals surface area contributed by atoms with Gasteiger partial charge < -0.3 is 9.84 Å². The molecule has 7 heteroatoms. The number of aromatic nitrogens is 2. The average Bonchev–Trinajstić information content (AvgIpc) is 3.01. The Hall–Kier alpha value is -4.39. The van der Waals surface area contributed by atoms with Gasteiger partial charge in [0.1, 0.15) is 5.75 Å². The molecule has 0 saturated carbocycles. The quantitative estimate of drug-likeness (QED) is 0.137. The molecule has 1 unspecified atom stereocenters. The number of carbonyl (C=O) groups is 1. The third-order valence-electron chi connectivity index (χ3n) is 6.11. The van der Waals surface area contributed by atoms with Gasteiger partial charge in [0.05, 0.1) is 11.4 Å². The first-order valence-electron chi connectivity index (χ1n) is 12.6. The third-order valence-corrected chi connectivity index (χ3v) is 7.32. The molecule has 2 aromatic heterocycles. The predicted octanol–water partition coefficient (Wildman–Crippen LogP) is 8.06. The molecule has 0 bridgehead atoms. The van der Waals surface area contributed by atoms with E-state index in [1.807, 2.05) is 48.5 Å². The van der Waals surface area contributed by atoms with Crippen molar-refractivity contribution in [3.05, 3.63) is 139 Å². The van der Waals surface area contributed by atoms with Crippen molar-refractivity contribution in [2.75, 3.05) is 5.75 Å². The third kappa shape index (κ3) is 6.97. The highest BCUT2D eigenvalue weighted by Crippen LogP contribution is 2.30. The predicted molar refractivity (Wildman–Crippen MR) is 161 cm³/mol. The maximum atomic E-state index is 10.9. The Kier molecular flexibility index (Phi) is 8.91. The molecule has 2 heterocycles. The molecule has 0 aliphatic carbocycles. The average molecular weight is 565 g/mol. The second kappa shape index (κ2) is 13.1. The summed E-state index contributed by atoms with van der Waals surface area (Å²) in [6.07, 6.45) is 5.82. The van der Waals surface area contributed by atoms with Crippen LogP contribution < -0.4 is 4.74 Å². The first-order valence-corrected chi connectivity index (χ1v) is 14.0. The van der Waals surface area contributed by atoms with Crippen molar-refractivity contribution in [2.24, 2.45) is 0 Å². The van der Waals surface area contributed by atoms with E-state index in [2.05, 4.69) is 64.6 Å². The first kappa shape index (κ1) is 27.2. The van der Waals surface area contributed by atoms with Gasteiger partial charge in [-0.1, -0.05) is 78.3 Å². The summed E-state index contributed by atoms with van der Waals surface area (Å²) in [4.78, 5) is 20.9. The molecule has 0 fully saturated rings. The number of thioether (sulfide) groups is 1. The van der Waals surface area contributed by atoms with Crippen LogP contribution in [0.1, 0.15) is 11.1 Å². The smallest absolute Gasteiger partial charge is 0.360 e. The van der Waals surface area contributed by atoms with E-state index in [-0.39, 0.29) is 0 Å². The standard InChI is InChI=1S/C33H25ClN2O3S/c34-32(33(37)38)39-27-15-17-28(18-16-27)40-22-19-29(23-7-11-25(12-8-23)30-5-1-3-20-35-30)24-9-13-26(14-10-24)31-6-2-4-21-36-31/h1-21,32H,22H2,(H,37,38). The largest absolute Gasteiger partial charge is 0.478 e. The molecule has 40 heavy (non-hydrogen) atoms. The zero-order valence-corrected chi connectivity index (χ0v) is 22.9. The van der Waals surface area contributed by atoms with Crippen LogP contribution in [-0.4, -0.2) is 32.4 Å². The molecule has 1 N–H and O–H groups in total. The lowest BCUT2D eigenvalue weighted by Crippen LogP contribution is -2.20. The lowest BCUT2D eigenvalue weighted by atomic mass is 9.95. The van der Waals surface area contributed by atoms with Crippen LogP contribution in [0.15, 0.2) is 133 Å². The van der Waals surface area contributed by atoms with E-state index in [4.69, 9.17) is 21.4 Å². The van der Waals surface area contributed by atoms with E-state index in [0.717, 1.165) is 49.9 Å². The Morgan fingerprint density at radius 1 is 0.775 bits per heavy atom. The van der Waals surface area contributed by atoms with E-state index in [9.17, 15) is 4.79 Å². The van der Waals surface area contributed by atoms with Crippen LogP contribution >= 0.6 is 23.4 Å². The van der Waals surface area contributed by atoms with E-state index in [1.165, 1.54) is 0 Å². The van der Waals surface area contributed by atoms with Crippen molar-refractivity contribution in [1.29, 1.82) is 0 Å². The molecular formula is C33H25ClN2O3S. The van der Waals surface area contributed by atoms with Crippen molar-refractivity contribution in [2.45, 2.75) is 10.5 Å². The summed E-state index contributed by atoms with van der Waals surface area (Å²) in [6, 6.07) is 35.9. The van der Waals surface area contributed by atoms with Crippen molar-refractivity contribution >= 4 is 34.9 Å². The van der Waals surface area contributed by atoms with Crippen molar-refractivity contribution in [3.8, 4) is 28.3 Å². The molecule has 0 radical (unpaired) electrons. The molecule has 5 nitrogen and oxygen atoms in total. The number of hydrogen-bond acceptors (Lipinski definition) is 5. The van der Waals surface area contributed by atoms with Gasteiger partial charge >= 0.3 is 5.97 Å². The highest BCUT2D eigenvalue weighted by molar-refractivity contribution is 7.99. The van der Waals surface area contributed by atoms with Gasteiger partial charge in [0.15, 0.2) is 0 Å². The maximum Gasteiger partial charge on any atom is 0.360 e. The zero-order chi connectivity index (χ0) is 27.7. The molecule has 0 aliphatic heterocycles. The molecule has 1 atom stereocenters. The summed E-state index contributed by atoms with van der Waals surface area (Å²) in [6.45, 7) is 0. The number of benzene rings is 3. The zero-order valence-electron chi connectivity index (χ0n) is 21.4. The highest BCUT2D eigenvalue weighted by atomic mass is 35.5. The van der Waals surface area contributed by atoms with Crippen LogP contribution in [-0.2, 0) is 4.79 Å². The number of halogens is 1.